The van der Waals surface area contributed by atoms with E-state index >= 15 is 0 Å². The number of carbonyl (C=O) groups excluding carboxylic acids is 2. The molecule has 2 atom stereocenters. The molecule has 1 saturated heterocycles. The lowest BCUT2D eigenvalue weighted by molar-refractivity contribution is -0.139. The Bertz CT molecular complexity index is 973. The molecule has 178 valence electrons. The molecule has 0 bridgehead atoms. The molecule has 1 fully saturated rings. The van der Waals surface area contributed by atoms with Crippen molar-refractivity contribution >= 4 is 23.4 Å². The summed E-state index contributed by atoms with van der Waals surface area (Å²) in [4.78, 5) is 29.4. The Labute approximate surface area is 198 Å². The van der Waals surface area contributed by atoms with Crippen LogP contribution >= 0.6 is 11.6 Å². The van der Waals surface area contributed by atoms with Gasteiger partial charge in [-0.2, -0.15) is 0 Å². The van der Waals surface area contributed by atoms with E-state index in [-0.39, 0.29) is 47.6 Å². The summed E-state index contributed by atoms with van der Waals surface area (Å²) in [6, 6.07) is 11.3. The number of halogens is 2. The maximum atomic E-state index is 13.2. The molecule has 0 spiro atoms. The van der Waals surface area contributed by atoms with E-state index in [1.54, 1.807) is 29.2 Å². The number of piperazine rings is 1. The number of nitrogens with one attached hydrogen (secondary N) is 1. The van der Waals surface area contributed by atoms with Crippen LogP contribution in [0, 0.1) is 5.82 Å². The highest BCUT2D eigenvalue weighted by atomic mass is 35.5. The van der Waals surface area contributed by atoms with Crippen LogP contribution in [0.5, 0.6) is 5.75 Å². The Balaban J connectivity index is 1.60. The third-order valence-electron chi connectivity index (χ3n) is 5.70. The van der Waals surface area contributed by atoms with Crippen LogP contribution in [0.3, 0.4) is 0 Å². The Morgan fingerprint density at radius 3 is 2.58 bits per heavy atom. The molecular formula is C24H30ClFN4O3. The standard InChI is InChI=1S/C24H30ClFN4O3/c1-16-13-30(17(2)12-29(16)14-18-3-6-20(26)7-4-18)23(31)15-33-22-8-5-19(25)11-21(22)24(32)28-10-9-27/h3-8,11,16-17H,9-10,12-15,27H2,1-2H3,(H,28,32). The molecule has 1 aliphatic heterocycles. The van der Waals surface area contributed by atoms with Crippen molar-refractivity contribution in [2.75, 3.05) is 32.8 Å². The number of benzene rings is 2. The van der Waals surface area contributed by atoms with Crippen LogP contribution in [0.2, 0.25) is 5.02 Å². The highest BCUT2D eigenvalue weighted by Gasteiger charge is 2.32. The second-order valence-electron chi connectivity index (χ2n) is 8.27. The van der Waals surface area contributed by atoms with Crippen molar-refractivity contribution < 1.29 is 18.7 Å². The van der Waals surface area contributed by atoms with E-state index in [1.807, 2.05) is 6.92 Å². The van der Waals surface area contributed by atoms with Gasteiger partial charge in [-0.3, -0.25) is 14.5 Å². The molecule has 2 amide bonds. The Morgan fingerprint density at radius 1 is 1.15 bits per heavy atom. The van der Waals surface area contributed by atoms with E-state index in [9.17, 15) is 14.0 Å². The minimum absolute atomic E-state index is 0.0183. The lowest BCUT2D eigenvalue weighted by Crippen LogP contribution is -2.58. The number of hydrogen-bond acceptors (Lipinski definition) is 5. The molecule has 9 heteroatoms. The van der Waals surface area contributed by atoms with Crippen molar-refractivity contribution in [2.24, 2.45) is 5.73 Å². The van der Waals surface area contributed by atoms with Gasteiger partial charge >= 0.3 is 0 Å². The van der Waals surface area contributed by atoms with Crippen LogP contribution in [0.25, 0.3) is 0 Å². The number of nitrogens with zero attached hydrogens (tertiary/aromatic N) is 2. The van der Waals surface area contributed by atoms with Gasteiger partial charge in [0.15, 0.2) is 6.61 Å². The number of carbonyl (C=O) groups is 2. The first kappa shape index (κ1) is 25.0. The zero-order valence-corrected chi connectivity index (χ0v) is 19.6. The molecule has 2 unspecified atom stereocenters. The monoisotopic (exact) mass is 476 g/mol. The maximum Gasteiger partial charge on any atom is 0.260 e. The first-order chi connectivity index (χ1) is 15.8. The predicted octanol–water partition coefficient (Wildman–Crippen LogP) is 2.67. The highest BCUT2D eigenvalue weighted by Crippen LogP contribution is 2.24. The number of nitrogens with two attached hydrogens (primary N) is 1. The molecule has 1 heterocycles. The molecule has 2 aromatic rings. The number of ether oxygens (including phenoxy) is 1. The molecule has 0 aromatic heterocycles. The molecule has 0 radical (unpaired) electrons. The Kier molecular flexibility index (Phi) is 8.66. The zero-order valence-electron chi connectivity index (χ0n) is 18.9. The smallest absolute Gasteiger partial charge is 0.260 e. The van der Waals surface area contributed by atoms with Gasteiger partial charge in [0.1, 0.15) is 11.6 Å². The van der Waals surface area contributed by atoms with Crippen LogP contribution in [-0.2, 0) is 11.3 Å². The van der Waals surface area contributed by atoms with Gasteiger partial charge in [0.05, 0.1) is 5.56 Å². The van der Waals surface area contributed by atoms with E-state index in [4.69, 9.17) is 22.1 Å². The third kappa shape index (κ3) is 6.66. The fourth-order valence-electron chi connectivity index (χ4n) is 3.90. The van der Waals surface area contributed by atoms with Crippen molar-refractivity contribution in [3.8, 4) is 5.75 Å². The normalized spacial score (nSPS) is 18.8. The van der Waals surface area contributed by atoms with E-state index < -0.39 is 0 Å². The Hall–Kier alpha value is -2.68. The second kappa shape index (κ2) is 11.4. The van der Waals surface area contributed by atoms with Crippen molar-refractivity contribution in [2.45, 2.75) is 32.5 Å². The van der Waals surface area contributed by atoms with E-state index in [0.717, 1.165) is 5.56 Å². The number of amides is 2. The molecule has 1 aliphatic rings. The summed E-state index contributed by atoms with van der Waals surface area (Å²) >= 11 is 6.04. The molecule has 3 N–H and O–H groups in total. The first-order valence-electron chi connectivity index (χ1n) is 11.0. The fraction of sp³-hybridized carbons (Fsp3) is 0.417. The van der Waals surface area contributed by atoms with Gasteiger partial charge in [0.25, 0.3) is 11.8 Å². The van der Waals surface area contributed by atoms with Gasteiger partial charge in [-0.25, -0.2) is 4.39 Å². The van der Waals surface area contributed by atoms with Gasteiger partial charge < -0.3 is 20.7 Å². The predicted molar refractivity (Wildman–Crippen MR) is 126 cm³/mol. The molecule has 0 saturated carbocycles. The van der Waals surface area contributed by atoms with Gasteiger partial charge in [0, 0.05) is 49.8 Å². The van der Waals surface area contributed by atoms with Gasteiger partial charge in [-0.15, -0.1) is 0 Å². The molecule has 2 aromatic carbocycles. The van der Waals surface area contributed by atoms with Gasteiger partial charge in [-0.1, -0.05) is 23.7 Å². The minimum Gasteiger partial charge on any atom is -0.483 e. The summed E-state index contributed by atoms with van der Waals surface area (Å²) in [5.74, 6) is -0.477. The minimum atomic E-state index is -0.359. The van der Waals surface area contributed by atoms with Crippen LogP contribution in [0.1, 0.15) is 29.8 Å². The maximum absolute atomic E-state index is 13.2. The van der Waals surface area contributed by atoms with E-state index in [1.165, 1.54) is 18.2 Å². The second-order valence-corrected chi connectivity index (χ2v) is 8.71. The molecular weight excluding hydrogens is 447 g/mol. The summed E-state index contributed by atoms with van der Waals surface area (Å²) in [5.41, 5.74) is 6.73. The SMILES string of the molecule is CC1CN(C(=O)COc2ccc(Cl)cc2C(=O)NCCN)C(C)CN1Cc1ccc(F)cc1. The summed E-state index contributed by atoms with van der Waals surface area (Å²) in [5, 5.41) is 3.08. The molecule has 0 aliphatic carbocycles. The third-order valence-corrected chi connectivity index (χ3v) is 5.94. The quantitative estimate of drug-likeness (QED) is 0.611. The highest BCUT2D eigenvalue weighted by molar-refractivity contribution is 6.31. The van der Waals surface area contributed by atoms with Crippen molar-refractivity contribution in [3.63, 3.8) is 0 Å². The molecule has 33 heavy (non-hydrogen) atoms. The average molecular weight is 477 g/mol. The number of hydrogen-bond donors (Lipinski definition) is 2. The van der Waals surface area contributed by atoms with Crippen molar-refractivity contribution in [1.29, 1.82) is 0 Å². The topological polar surface area (TPSA) is 87.9 Å². The van der Waals surface area contributed by atoms with Crippen molar-refractivity contribution in [1.82, 2.24) is 15.1 Å². The molecule has 7 nitrogen and oxygen atoms in total. The largest absolute Gasteiger partial charge is 0.483 e. The lowest BCUT2D eigenvalue weighted by Gasteiger charge is -2.44. The van der Waals surface area contributed by atoms with Gasteiger partial charge in [0.2, 0.25) is 0 Å². The lowest BCUT2D eigenvalue weighted by atomic mass is 10.1. The summed E-state index contributed by atoms with van der Waals surface area (Å²) in [6.07, 6.45) is 0. The average Bonchev–Trinajstić information content (AvgIpc) is 2.80. The summed E-state index contributed by atoms with van der Waals surface area (Å²) in [7, 11) is 0. The Morgan fingerprint density at radius 2 is 1.88 bits per heavy atom. The van der Waals surface area contributed by atoms with E-state index in [0.29, 0.717) is 37.7 Å². The zero-order chi connectivity index (χ0) is 24.0. The van der Waals surface area contributed by atoms with Crippen LogP contribution in [0.15, 0.2) is 42.5 Å². The van der Waals surface area contributed by atoms with Crippen LogP contribution in [0.4, 0.5) is 4.39 Å². The van der Waals surface area contributed by atoms with Crippen LogP contribution < -0.4 is 15.8 Å². The summed E-state index contributed by atoms with van der Waals surface area (Å²) < 4.78 is 18.9. The summed E-state index contributed by atoms with van der Waals surface area (Å²) in [6.45, 7) is 6.44. The molecule has 3 rings (SSSR count). The first-order valence-corrected chi connectivity index (χ1v) is 11.3. The van der Waals surface area contributed by atoms with Crippen molar-refractivity contribution in [3.05, 3.63) is 64.4 Å². The fourth-order valence-corrected chi connectivity index (χ4v) is 4.07. The van der Waals surface area contributed by atoms with Gasteiger partial charge in [-0.05, 0) is 49.7 Å². The van der Waals surface area contributed by atoms with E-state index in [2.05, 4.69) is 17.1 Å². The number of rotatable bonds is 8. The van der Waals surface area contributed by atoms with Crippen LogP contribution in [-0.4, -0.2) is 66.5 Å².